The average Bonchev–Trinajstić information content (AvgIpc) is 2.87. The van der Waals surface area contributed by atoms with E-state index >= 15 is 0 Å². The fraction of sp³-hybridized carbons (Fsp3) is 0.538. The van der Waals surface area contributed by atoms with E-state index in [0.717, 1.165) is 6.42 Å². The molecule has 3 atom stereocenters. The van der Waals surface area contributed by atoms with Crippen LogP contribution in [0.25, 0.3) is 0 Å². The number of nitrogens with zero attached hydrogens (tertiary/aromatic N) is 1. The van der Waals surface area contributed by atoms with Crippen molar-refractivity contribution in [1.29, 1.82) is 5.26 Å². The van der Waals surface area contributed by atoms with Gasteiger partial charge in [-0.25, -0.2) is 4.79 Å². The summed E-state index contributed by atoms with van der Waals surface area (Å²) in [5, 5.41) is 8.92. The molecule has 16 heavy (non-hydrogen) atoms. The van der Waals surface area contributed by atoms with Gasteiger partial charge in [0.15, 0.2) is 0 Å². The van der Waals surface area contributed by atoms with Gasteiger partial charge in [0.2, 0.25) is 0 Å². The molecule has 0 spiro atoms. The molecule has 0 heterocycles. The summed E-state index contributed by atoms with van der Waals surface area (Å²) in [5.74, 6) is 1.02. The highest BCUT2D eigenvalue weighted by Gasteiger charge is 2.35. The molecular formula is C13H15NO2. The molecule has 1 fully saturated rings. The third-order valence-corrected chi connectivity index (χ3v) is 3.33. The van der Waals surface area contributed by atoms with Crippen LogP contribution in [0.2, 0.25) is 0 Å². The lowest BCUT2D eigenvalue weighted by Gasteiger charge is -2.13. The Balaban J connectivity index is 2.07. The number of fused-ring (bicyclic) bond motifs is 2. The highest BCUT2D eigenvalue weighted by Crippen LogP contribution is 2.44. The molecule has 2 aliphatic rings. The first-order valence-electron chi connectivity index (χ1n) is 5.72. The van der Waals surface area contributed by atoms with Gasteiger partial charge < -0.3 is 4.74 Å². The fourth-order valence-corrected chi connectivity index (χ4v) is 2.59. The summed E-state index contributed by atoms with van der Waals surface area (Å²) in [7, 11) is 0. The van der Waals surface area contributed by atoms with E-state index in [2.05, 4.69) is 12.2 Å². The summed E-state index contributed by atoms with van der Waals surface area (Å²) >= 11 is 0. The first-order chi connectivity index (χ1) is 7.74. The number of rotatable bonds is 3. The molecule has 3 unspecified atom stereocenters. The van der Waals surface area contributed by atoms with Gasteiger partial charge in [-0.15, -0.1) is 0 Å². The Labute approximate surface area is 95.4 Å². The van der Waals surface area contributed by atoms with Gasteiger partial charge in [0.25, 0.3) is 0 Å². The molecule has 0 saturated heterocycles. The second-order valence-electron chi connectivity index (χ2n) is 4.36. The second-order valence-corrected chi connectivity index (χ2v) is 4.36. The average molecular weight is 217 g/mol. The molecule has 0 aromatic heterocycles. The quantitative estimate of drug-likeness (QED) is 0.315. The first-order valence-corrected chi connectivity index (χ1v) is 5.72. The molecule has 0 radical (unpaired) electrons. The summed E-state index contributed by atoms with van der Waals surface area (Å²) in [6.07, 6.45) is 8.47. The summed E-state index contributed by atoms with van der Waals surface area (Å²) in [6, 6.07) is 1.94. The monoisotopic (exact) mass is 217 g/mol. The highest BCUT2D eigenvalue weighted by atomic mass is 16.5. The predicted octanol–water partition coefficient (Wildman–Crippen LogP) is 2.21. The van der Waals surface area contributed by atoms with E-state index in [4.69, 9.17) is 10.00 Å². The molecule has 2 aliphatic carbocycles. The summed E-state index contributed by atoms with van der Waals surface area (Å²) in [4.78, 5) is 11.4. The van der Waals surface area contributed by atoms with Crippen LogP contribution in [0, 0.1) is 29.1 Å². The van der Waals surface area contributed by atoms with Crippen molar-refractivity contribution in [3.05, 3.63) is 23.8 Å². The van der Waals surface area contributed by atoms with Gasteiger partial charge in [-0.3, -0.25) is 0 Å². The topological polar surface area (TPSA) is 50.1 Å². The lowest BCUT2D eigenvalue weighted by atomic mass is 9.92. The van der Waals surface area contributed by atoms with Crippen LogP contribution >= 0.6 is 0 Å². The Bertz CT molecular complexity index is 389. The SMILES string of the molecule is CCOC(=O)C(C#N)=CC1CC2C=CC1C2. The van der Waals surface area contributed by atoms with Crippen molar-refractivity contribution in [3.63, 3.8) is 0 Å². The zero-order valence-corrected chi connectivity index (χ0v) is 9.35. The largest absolute Gasteiger partial charge is 0.462 e. The minimum Gasteiger partial charge on any atom is -0.462 e. The van der Waals surface area contributed by atoms with Crippen LogP contribution in [0.4, 0.5) is 0 Å². The van der Waals surface area contributed by atoms with E-state index in [0.29, 0.717) is 24.4 Å². The Hall–Kier alpha value is -1.56. The van der Waals surface area contributed by atoms with E-state index in [-0.39, 0.29) is 5.57 Å². The van der Waals surface area contributed by atoms with Crippen molar-refractivity contribution in [2.45, 2.75) is 19.8 Å². The Morgan fingerprint density at radius 2 is 2.38 bits per heavy atom. The third-order valence-electron chi connectivity index (χ3n) is 3.33. The molecule has 2 bridgehead atoms. The highest BCUT2D eigenvalue weighted by molar-refractivity contribution is 5.92. The molecule has 3 heteroatoms. The Morgan fingerprint density at radius 3 is 2.88 bits per heavy atom. The molecule has 84 valence electrons. The number of esters is 1. The molecule has 0 N–H and O–H groups in total. The smallest absolute Gasteiger partial charge is 0.348 e. The van der Waals surface area contributed by atoms with Crippen molar-refractivity contribution in [3.8, 4) is 6.07 Å². The Kier molecular flexibility index (Phi) is 3.09. The van der Waals surface area contributed by atoms with Crippen LogP contribution in [-0.2, 0) is 9.53 Å². The molecule has 0 aromatic carbocycles. The summed E-state index contributed by atoms with van der Waals surface area (Å²) in [5.41, 5.74) is 0.160. The van der Waals surface area contributed by atoms with Crippen LogP contribution in [0.3, 0.4) is 0 Å². The van der Waals surface area contributed by atoms with Crippen molar-refractivity contribution < 1.29 is 9.53 Å². The van der Waals surface area contributed by atoms with E-state index in [1.807, 2.05) is 6.07 Å². The third kappa shape index (κ3) is 2.01. The van der Waals surface area contributed by atoms with E-state index in [1.165, 1.54) is 6.42 Å². The second kappa shape index (κ2) is 4.52. The first kappa shape index (κ1) is 10.9. The fourth-order valence-electron chi connectivity index (χ4n) is 2.59. The summed E-state index contributed by atoms with van der Waals surface area (Å²) < 4.78 is 4.84. The number of ether oxygens (including phenoxy) is 1. The van der Waals surface area contributed by atoms with Crippen molar-refractivity contribution in [1.82, 2.24) is 0 Å². The lowest BCUT2D eigenvalue weighted by molar-refractivity contribution is -0.138. The molecule has 0 amide bonds. The molecular weight excluding hydrogens is 202 g/mol. The minimum atomic E-state index is -0.489. The van der Waals surface area contributed by atoms with Gasteiger partial charge in [0.1, 0.15) is 11.6 Å². The maximum Gasteiger partial charge on any atom is 0.348 e. The number of hydrogen-bond acceptors (Lipinski definition) is 3. The molecule has 2 rings (SSSR count). The molecule has 0 aromatic rings. The minimum absolute atomic E-state index is 0.160. The number of allylic oxidation sites excluding steroid dienone is 3. The van der Waals surface area contributed by atoms with E-state index in [9.17, 15) is 4.79 Å². The Morgan fingerprint density at radius 1 is 1.56 bits per heavy atom. The van der Waals surface area contributed by atoms with Crippen LogP contribution in [0.15, 0.2) is 23.8 Å². The molecule has 0 aliphatic heterocycles. The van der Waals surface area contributed by atoms with Crippen molar-refractivity contribution in [2.24, 2.45) is 17.8 Å². The standard InChI is InChI=1S/C13H15NO2/c1-2-16-13(15)12(8-14)7-11-6-9-3-4-10(11)5-9/h3-4,7,9-11H,2,5-6H2,1H3. The number of carbonyl (C=O) groups excluding carboxylic acids is 1. The summed E-state index contributed by atoms with van der Waals surface area (Å²) in [6.45, 7) is 2.06. The lowest BCUT2D eigenvalue weighted by Crippen LogP contribution is -2.10. The van der Waals surface area contributed by atoms with Crippen molar-refractivity contribution in [2.75, 3.05) is 6.61 Å². The predicted molar refractivity (Wildman–Crippen MR) is 59.2 cm³/mol. The zero-order valence-electron chi connectivity index (χ0n) is 9.35. The van der Waals surface area contributed by atoms with Crippen LogP contribution in [0.5, 0.6) is 0 Å². The van der Waals surface area contributed by atoms with E-state index < -0.39 is 5.97 Å². The zero-order chi connectivity index (χ0) is 11.5. The molecule has 3 nitrogen and oxygen atoms in total. The van der Waals surface area contributed by atoms with Gasteiger partial charge >= 0.3 is 5.97 Å². The van der Waals surface area contributed by atoms with Crippen LogP contribution < -0.4 is 0 Å². The van der Waals surface area contributed by atoms with Gasteiger partial charge in [-0.1, -0.05) is 18.2 Å². The van der Waals surface area contributed by atoms with Crippen molar-refractivity contribution >= 4 is 5.97 Å². The number of hydrogen-bond donors (Lipinski definition) is 0. The maximum absolute atomic E-state index is 11.4. The van der Waals surface area contributed by atoms with Gasteiger partial charge in [-0.05, 0) is 37.5 Å². The van der Waals surface area contributed by atoms with Gasteiger partial charge in [-0.2, -0.15) is 5.26 Å². The number of carbonyl (C=O) groups is 1. The van der Waals surface area contributed by atoms with Gasteiger partial charge in [0.05, 0.1) is 6.61 Å². The van der Waals surface area contributed by atoms with Crippen LogP contribution in [0.1, 0.15) is 19.8 Å². The van der Waals surface area contributed by atoms with Gasteiger partial charge in [0, 0.05) is 0 Å². The van der Waals surface area contributed by atoms with Crippen LogP contribution in [-0.4, -0.2) is 12.6 Å². The maximum atomic E-state index is 11.4. The van der Waals surface area contributed by atoms with E-state index in [1.54, 1.807) is 13.0 Å². The molecule has 1 saturated carbocycles. The normalized spacial score (nSPS) is 31.5. The number of nitriles is 1.